The number of carbonyl (C=O) groups is 1. The van der Waals surface area contributed by atoms with E-state index in [2.05, 4.69) is 4.74 Å². The number of hydrogen-bond donors (Lipinski definition) is 0. The van der Waals surface area contributed by atoms with E-state index in [4.69, 9.17) is 34.8 Å². The Labute approximate surface area is 73.7 Å². The SMILES string of the molecule is COC(=O)/C(Cl)=C\C(Cl)Cl. The Morgan fingerprint density at radius 3 is 2.40 bits per heavy atom. The van der Waals surface area contributed by atoms with Crippen molar-refractivity contribution in [2.75, 3.05) is 7.11 Å². The van der Waals surface area contributed by atoms with Crippen LogP contribution in [-0.4, -0.2) is 17.9 Å². The average Bonchev–Trinajstić information content (AvgIpc) is 1.85. The molecule has 0 aliphatic rings. The van der Waals surface area contributed by atoms with Crippen LogP contribution in [0.4, 0.5) is 0 Å². The molecule has 2 nitrogen and oxygen atoms in total. The van der Waals surface area contributed by atoms with Gasteiger partial charge in [0.2, 0.25) is 0 Å². The molecule has 10 heavy (non-hydrogen) atoms. The molecule has 0 rings (SSSR count). The lowest BCUT2D eigenvalue weighted by Crippen LogP contribution is -2.00. The molecule has 0 radical (unpaired) electrons. The van der Waals surface area contributed by atoms with Crippen molar-refractivity contribution in [3.05, 3.63) is 11.1 Å². The largest absolute Gasteiger partial charge is 0.465 e. The number of hydrogen-bond acceptors (Lipinski definition) is 2. The molecule has 0 fully saturated rings. The van der Waals surface area contributed by atoms with E-state index in [1.54, 1.807) is 0 Å². The number of allylic oxidation sites excluding steroid dienone is 1. The maximum atomic E-state index is 10.5. The summed E-state index contributed by atoms with van der Waals surface area (Å²) < 4.78 is 4.26. The number of esters is 1. The van der Waals surface area contributed by atoms with Gasteiger partial charge in [0.15, 0.2) is 0 Å². The van der Waals surface area contributed by atoms with Crippen LogP contribution in [0.1, 0.15) is 0 Å². The zero-order chi connectivity index (χ0) is 8.15. The first-order valence-corrected chi connectivity index (χ1v) is 3.56. The van der Waals surface area contributed by atoms with E-state index in [9.17, 15) is 4.79 Å². The second-order valence-corrected chi connectivity index (χ2v) is 2.91. The van der Waals surface area contributed by atoms with Crippen molar-refractivity contribution in [2.24, 2.45) is 0 Å². The molecule has 0 aromatic heterocycles. The van der Waals surface area contributed by atoms with E-state index in [-0.39, 0.29) is 5.03 Å². The molecule has 0 aromatic carbocycles. The molecule has 0 saturated carbocycles. The van der Waals surface area contributed by atoms with Crippen molar-refractivity contribution in [3.8, 4) is 0 Å². The smallest absolute Gasteiger partial charge is 0.349 e. The van der Waals surface area contributed by atoms with Crippen LogP contribution in [0.15, 0.2) is 11.1 Å². The Morgan fingerprint density at radius 2 is 2.10 bits per heavy atom. The van der Waals surface area contributed by atoms with Crippen molar-refractivity contribution in [1.82, 2.24) is 0 Å². The molecule has 0 N–H and O–H groups in total. The Balaban J connectivity index is 4.05. The van der Waals surface area contributed by atoms with Crippen molar-refractivity contribution in [1.29, 1.82) is 0 Å². The fraction of sp³-hybridized carbons (Fsp3) is 0.400. The van der Waals surface area contributed by atoms with E-state index in [0.717, 1.165) is 0 Å². The molecule has 58 valence electrons. The highest BCUT2D eigenvalue weighted by molar-refractivity contribution is 6.48. The molecule has 0 bridgehead atoms. The van der Waals surface area contributed by atoms with Crippen molar-refractivity contribution < 1.29 is 9.53 Å². The van der Waals surface area contributed by atoms with Gasteiger partial charge in [-0.05, 0) is 6.08 Å². The molecule has 0 aliphatic heterocycles. The molecule has 0 aliphatic carbocycles. The normalized spacial score (nSPS) is 11.9. The predicted molar refractivity (Wildman–Crippen MR) is 41.4 cm³/mol. The summed E-state index contributed by atoms with van der Waals surface area (Å²) in [5, 5.41) is -0.113. The van der Waals surface area contributed by atoms with Crippen LogP contribution in [-0.2, 0) is 9.53 Å². The monoisotopic (exact) mass is 202 g/mol. The van der Waals surface area contributed by atoms with Gasteiger partial charge in [-0.1, -0.05) is 11.6 Å². The average molecular weight is 203 g/mol. The van der Waals surface area contributed by atoms with Crippen molar-refractivity contribution in [3.63, 3.8) is 0 Å². The van der Waals surface area contributed by atoms with Crippen LogP contribution in [0.3, 0.4) is 0 Å². The zero-order valence-corrected chi connectivity index (χ0v) is 7.37. The van der Waals surface area contributed by atoms with Crippen molar-refractivity contribution in [2.45, 2.75) is 4.84 Å². The summed E-state index contributed by atoms with van der Waals surface area (Å²) in [5.41, 5.74) is 0. The molecule has 0 amide bonds. The Hall–Kier alpha value is 0.0800. The highest BCUT2D eigenvalue weighted by Crippen LogP contribution is 2.11. The summed E-state index contributed by atoms with van der Waals surface area (Å²) in [4.78, 5) is 9.72. The molecular weight excluding hydrogens is 198 g/mol. The van der Waals surface area contributed by atoms with Crippen LogP contribution >= 0.6 is 34.8 Å². The lowest BCUT2D eigenvalue weighted by atomic mass is 10.5. The molecule has 0 aromatic rings. The number of ether oxygens (including phenoxy) is 1. The third-order valence-electron chi connectivity index (χ3n) is 0.653. The molecule has 0 unspecified atom stereocenters. The maximum Gasteiger partial charge on any atom is 0.349 e. The van der Waals surface area contributed by atoms with E-state index >= 15 is 0 Å². The fourth-order valence-electron chi connectivity index (χ4n) is 0.276. The first-order valence-electron chi connectivity index (χ1n) is 2.31. The standard InChI is InChI=1S/C5H5Cl3O2/c1-10-5(9)3(6)2-4(7)8/h2,4H,1H3/b3-2+. The molecule has 0 atom stereocenters. The van der Waals surface area contributed by atoms with Gasteiger partial charge in [0.25, 0.3) is 0 Å². The second-order valence-electron chi connectivity index (χ2n) is 1.34. The minimum atomic E-state index is -0.786. The summed E-state index contributed by atoms with van der Waals surface area (Å²) >= 11 is 15.9. The van der Waals surface area contributed by atoms with Gasteiger partial charge in [-0.25, -0.2) is 4.79 Å². The fourth-order valence-corrected chi connectivity index (χ4v) is 0.860. The molecule has 0 spiro atoms. The minimum absolute atomic E-state index is 0.113. The van der Waals surface area contributed by atoms with Gasteiger partial charge < -0.3 is 4.74 Å². The third-order valence-corrected chi connectivity index (χ3v) is 1.18. The van der Waals surface area contributed by atoms with Gasteiger partial charge in [-0.2, -0.15) is 0 Å². The lowest BCUT2D eigenvalue weighted by Gasteiger charge is -1.95. The number of alkyl halides is 2. The molecular formula is C5H5Cl3O2. The Bertz CT molecular complexity index is 153. The van der Waals surface area contributed by atoms with Gasteiger partial charge in [0.1, 0.15) is 9.87 Å². The number of rotatable bonds is 2. The molecule has 0 heterocycles. The third kappa shape index (κ3) is 3.99. The van der Waals surface area contributed by atoms with Gasteiger partial charge in [0, 0.05) is 0 Å². The first-order chi connectivity index (χ1) is 4.57. The van der Waals surface area contributed by atoms with E-state index < -0.39 is 10.8 Å². The van der Waals surface area contributed by atoms with Crippen LogP contribution in [0.5, 0.6) is 0 Å². The van der Waals surface area contributed by atoms with E-state index in [0.29, 0.717) is 0 Å². The highest BCUT2D eigenvalue weighted by atomic mass is 35.5. The highest BCUT2D eigenvalue weighted by Gasteiger charge is 2.06. The van der Waals surface area contributed by atoms with E-state index in [1.165, 1.54) is 13.2 Å². The van der Waals surface area contributed by atoms with Crippen LogP contribution in [0.25, 0.3) is 0 Å². The number of halogens is 3. The first kappa shape index (κ1) is 10.1. The topological polar surface area (TPSA) is 26.3 Å². The van der Waals surface area contributed by atoms with Crippen LogP contribution in [0.2, 0.25) is 0 Å². The van der Waals surface area contributed by atoms with E-state index in [1.807, 2.05) is 0 Å². The molecule has 5 heteroatoms. The second kappa shape index (κ2) is 4.83. The summed E-state index contributed by atoms with van der Waals surface area (Å²) in [5.74, 6) is -0.645. The number of carbonyl (C=O) groups excluding carboxylic acids is 1. The maximum absolute atomic E-state index is 10.5. The summed E-state index contributed by atoms with van der Waals surface area (Å²) in [7, 11) is 1.22. The number of methoxy groups -OCH3 is 1. The van der Waals surface area contributed by atoms with Crippen LogP contribution < -0.4 is 0 Å². The Morgan fingerprint density at radius 1 is 1.60 bits per heavy atom. The van der Waals surface area contributed by atoms with Gasteiger partial charge in [0.05, 0.1) is 7.11 Å². The van der Waals surface area contributed by atoms with Gasteiger partial charge in [-0.3, -0.25) is 0 Å². The summed E-state index contributed by atoms with van der Waals surface area (Å²) in [6, 6.07) is 0. The summed E-state index contributed by atoms with van der Waals surface area (Å²) in [6.45, 7) is 0. The van der Waals surface area contributed by atoms with Crippen molar-refractivity contribution >= 4 is 40.8 Å². The zero-order valence-electron chi connectivity index (χ0n) is 5.11. The van der Waals surface area contributed by atoms with Gasteiger partial charge in [-0.15, -0.1) is 23.2 Å². The van der Waals surface area contributed by atoms with Gasteiger partial charge >= 0.3 is 5.97 Å². The molecule has 0 saturated heterocycles. The predicted octanol–water partition coefficient (Wildman–Crippen LogP) is 2.09. The quantitative estimate of drug-likeness (QED) is 0.390. The summed E-state index contributed by atoms with van der Waals surface area (Å²) in [6.07, 6.45) is 1.18. The van der Waals surface area contributed by atoms with Crippen LogP contribution in [0, 0.1) is 0 Å². The minimum Gasteiger partial charge on any atom is -0.465 e. The Kier molecular flexibility index (Phi) is 4.87. The lowest BCUT2D eigenvalue weighted by molar-refractivity contribution is -0.135.